The van der Waals surface area contributed by atoms with Crippen LogP contribution >= 0.6 is 0 Å². The zero-order valence-electron chi connectivity index (χ0n) is 23.1. The van der Waals surface area contributed by atoms with Gasteiger partial charge in [0, 0.05) is 37.9 Å². The number of carbonyl (C=O) groups excluding carboxylic acids is 1. The molecule has 3 N–H and O–H groups in total. The molecule has 7 nitrogen and oxygen atoms in total. The molecule has 39 heavy (non-hydrogen) atoms. The summed E-state index contributed by atoms with van der Waals surface area (Å²) in [6, 6.07) is 20.7. The summed E-state index contributed by atoms with van der Waals surface area (Å²) in [5, 5.41) is 16.1. The summed E-state index contributed by atoms with van der Waals surface area (Å²) in [5.41, 5.74) is 4.13. The minimum Gasteiger partial charge on any atom is -0.480 e. The van der Waals surface area contributed by atoms with E-state index in [0.717, 1.165) is 55.1 Å². The van der Waals surface area contributed by atoms with E-state index in [2.05, 4.69) is 45.6 Å². The van der Waals surface area contributed by atoms with Gasteiger partial charge in [0.2, 0.25) is 5.91 Å². The number of carboxylic acids is 1. The third kappa shape index (κ3) is 7.82. The Morgan fingerprint density at radius 1 is 1.03 bits per heavy atom. The molecule has 7 heteroatoms. The fourth-order valence-corrected chi connectivity index (χ4v) is 5.32. The first-order chi connectivity index (χ1) is 18.8. The number of rotatable bonds is 11. The molecular weight excluding hydrogens is 488 g/mol. The second kappa shape index (κ2) is 13.3. The van der Waals surface area contributed by atoms with Crippen molar-refractivity contribution in [3.63, 3.8) is 0 Å². The van der Waals surface area contributed by atoms with Gasteiger partial charge >= 0.3 is 5.97 Å². The Bertz CT molecular complexity index is 1220. The maximum absolute atomic E-state index is 13.1. The van der Waals surface area contributed by atoms with Crippen molar-refractivity contribution in [3.05, 3.63) is 89.6 Å². The summed E-state index contributed by atoms with van der Waals surface area (Å²) in [6.07, 6.45) is 4.28. The van der Waals surface area contributed by atoms with Crippen LogP contribution < -0.4 is 15.5 Å². The van der Waals surface area contributed by atoms with Crippen LogP contribution in [-0.4, -0.2) is 47.6 Å². The highest BCUT2D eigenvalue weighted by Gasteiger charge is 2.29. The summed E-state index contributed by atoms with van der Waals surface area (Å²) in [6.45, 7) is 8.92. The van der Waals surface area contributed by atoms with E-state index in [9.17, 15) is 14.7 Å². The Kier molecular flexibility index (Phi) is 9.58. The first-order valence-corrected chi connectivity index (χ1v) is 13.9. The molecule has 3 aromatic rings. The molecule has 2 atom stereocenters. The second-order valence-corrected chi connectivity index (χ2v) is 10.9. The predicted molar refractivity (Wildman–Crippen MR) is 156 cm³/mol. The summed E-state index contributed by atoms with van der Waals surface area (Å²) < 4.78 is 0. The van der Waals surface area contributed by atoms with E-state index in [0.29, 0.717) is 5.92 Å². The van der Waals surface area contributed by atoms with Crippen LogP contribution in [0.15, 0.2) is 72.9 Å². The van der Waals surface area contributed by atoms with E-state index in [1.54, 1.807) is 0 Å². The lowest BCUT2D eigenvalue weighted by Crippen LogP contribution is -2.45. The Labute approximate surface area is 231 Å². The molecule has 1 aromatic heterocycles. The van der Waals surface area contributed by atoms with Crippen LogP contribution in [0.25, 0.3) is 0 Å². The fraction of sp³-hybridized carbons (Fsp3) is 0.406. The number of carbonyl (C=O) groups is 2. The van der Waals surface area contributed by atoms with Crippen molar-refractivity contribution in [1.82, 2.24) is 10.3 Å². The minimum absolute atomic E-state index is 0.0419. The zero-order chi connectivity index (χ0) is 27.8. The van der Waals surface area contributed by atoms with Crippen LogP contribution in [0, 0.1) is 18.8 Å². The molecule has 1 aliphatic rings. The lowest BCUT2D eigenvalue weighted by atomic mass is 9.87. The largest absolute Gasteiger partial charge is 0.480 e. The Morgan fingerprint density at radius 2 is 1.72 bits per heavy atom. The van der Waals surface area contributed by atoms with Crippen molar-refractivity contribution >= 4 is 23.4 Å². The van der Waals surface area contributed by atoms with Crippen molar-refractivity contribution in [2.24, 2.45) is 11.8 Å². The lowest BCUT2D eigenvalue weighted by Gasteiger charge is -2.34. The number of aromatic nitrogens is 1. The number of nitrogens with zero attached hydrogens (tertiary/aromatic N) is 2. The summed E-state index contributed by atoms with van der Waals surface area (Å²) in [4.78, 5) is 31.9. The van der Waals surface area contributed by atoms with Gasteiger partial charge in [-0.2, -0.15) is 0 Å². The Hall–Kier alpha value is -3.87. The Morgan fingerprint density at radius 3 is 2.33 bits per heavy atom. The van der Waals surface area contributed by atoms with Gasteiger partial charge in [0.1, 0.15) is 11.9 Å². The quantitative estimate of drug-likeness (QED) is 0.314. The van der Waals surface area contributed by atoms with Crippen LogP contribution in [0.1, 0.15) is 49.3 Å². The number of amides is 1. The SMILES string of the molecule is Cc1ccnc(NCC2CCN(c3ccc(CC(NC(=O)C(c4ccccc4)C(C)C)C(=O)O)cc3)CC2)c1. The van der Waals surface area contributed by atoms with E-state index >= 15 is 0 Å². The van der Waals surface area contributed by atoms with Crippen molar-refractivity contribution in [3.8, 4) is 0 Å². The standard InChI is InChI=1S/C32H40N4O3/c1-22(2)30(26-7-5-4-6-8-26)31(37)35-28(32(38)39)20-24-9-11-27(12-10-24)36-17-14-25(15-18-36)21-34-29-19-23(3)13-16-33-29/h4-13,16,19,22,25,28,30H,14-15,17-18,20-21H2,1-3H3,(H,33,34)(H,35,37)(H,38,39). The van der Waals surface area contributed by atoms with E-state index in [1.165, 1.54) is 5.56 Å². The number of carboxylic acid groups (broad SMARTS) is 1. The number of benzene rings is 2. The molecule has 2 unspecified atom stereocenters. The van der Waals surface area contributed by atoms with Crippen molar-refractivity contribution in [1.29, 1.82) is 0 Å². The van der Waals surface area contributed by atoms with Gasteiger partial charge < -0.3 is 20.6 Å². The third-order valence-electron chi connectivity index (χ3n) is 7.57. The number of nitrogens with one attached hydrogen (secondary N) is 2. The highest BCUT2D eigenvalue weighted by Crippen LogP contribution is 2.26. The Balaban J connectivity index is 1.30. The van der Waals surface area contributed by atoms with E-state index in [1.807, 2.05) is 68.6 Å². The summed E-state index contributed by atoms with van der Waals surface area (Å²) in [5.74, 6) is -0.103. The van der Waals surface area contributed by atoms with Gasteiger partial charge in [0.05, 0.1) is 5.92 Å². The molecule has 4 rings (SSSR count). The van der Waals surface area contributed by atoms with Crippen molar-refractivity contribution in [2.45, 2.75) is 52.0 Å². The average molecular weight is 529 g/mol. The van der Waals surface area contributed by atoms with Crippen molar-refractivity contribution in [2.75, 3.05) is 29.9 Å². The maximum atomic E-state index is 13.1. The number of anilines is 2. The molecule has 0 bridgehead atoms. The highest BCUT2D eigenvalue weighted by molar-refractivity contribution is 5.88. The van der Waals surface area contributed by atoms with Gasteiger partial charge in [-0.15, -0.1) is 0 Å². The fourth-order valence-electron chi connectivity index (χ4n) is 5.32. The molecule has 1 saturated heterocycles. The minimum atomic E-state index is -1.03. The molecule has 0 aliphatic carbocycles. The zero-order valence-corrected chi connectivity index (χ0v) is 23.1. The molecule has 2 heterocycles. The van der Waals surface area contributed by atoms with E-state index < -0.39 is 17.9 Å². The summed E-state index contributed by atoms with van der Waals surface area (Å²) >= 11 is 0. The smallest absolute Gasteiger partial charge is 0.326 e. The summed E-state index contributed by atoms with van der Waals surface area (Å²) in [7, 11) is 0. The molecule has 1 fully saturated rings. The van der Waals surface area contributed by atoms with Crippen molar-refractivity contribution < 1.29 is 14.7 Å². The van der Waals surface area contributed by atoms with Gasteiger partial charge in [-0.3, -0.25) is 4.79 Å². The number of aryl methyl sites for hydroxylation is 1. The number of hydrogen-bond acceptors (Lipinski definition) is 5. The number of piperidine rings is 1. The first-order valence-electron chi connectivity index (χ1n) is 13.9. The molecule has 0 spiro atoms. The van der Waals surface area contributed by atoms with E-state index in [-0.39, 0.29) is 18.2 Å². The van der Waals surface area contributed by atoms with Crippen LogP contribution in [-0.2, 0) is 16.0 Å². The first kappa shape index (κ1) is 28.1. The maximum Gasteiger partial charge on any atom is 0.326 e. The van der Waals surface area contributed by atoms with Gasteiger partial charge in [-0.1, -0.05) is 56.3 Å². The van der Waals surface area contributed by atoms with Gasteiger partial charge in [-0.25, -0.2) is 9.78 Å². The molecule has 0 saturated carbocycles. The third-order valence-corrected chi connectivity index (χ3v) is 7.57. The monoisotopic (exact) mass is 528 g/mol. The normalized spacial score (nSPS) is 15.5. The molecule has 1 amide bonds. The molecule has 206 valence electrons. The highest BCUT2D eigenvalue weighted by atomic mass is 16.4. The van der Waals surface area contributed by atoms with Crippen LogP contribution in [0.2, 0.25) is 0 Å². The number of aliphatic carboxylic acids is 1. The van der Waals surface area contributed by atoms with Crippen LogP contribution in [0.5, 0.6) is 0 Å². The molecule has 2 aromatic carbocycles. The molecular formula is C32H40N4O3. The van der Waals surface area contributed by atoms with Gasteiger partial charge in [-0.05, 0) is 72.6 Å². The lowest BCUT2D eigenvalue weighted by molar-refractivity contribution is -0.142. The average Bonchev–Trinajstić information content (AvgIpc) is 2.93. The van der Waals surface area contributed by atoms with Crippen LogP contribution in [0.4, 0.5) is 11.5 Å². The number of pyridine rings is 1. The predicted octanol–water partition coefficient (Wildman–Crippen LogP) is 5.27. The van der Waals surface area contributed by atoms with Gasteiger partial charge in [0.25, 0.3) is 0 Å². The molecule has 0 radical (unpaired) electrons. The van der Waals surface area contributed by atoms with E-state index in [4.69, 9.17) is 0 Å². The van der Waals surface area contributed by atoms with Gasteiger partial charge in [0.15, 0.2) is 0 Å². The topological polar surface area (TPSA) is 94.6 Å². The van der Waals surface area contributed by atoms with Crippen LogP contribution in [0.3, 0.4) is 0 Å². The second-order valence-electron chi connectivity index (χ2n) is 10.9. The number of hydrogen-bond donors (Lipinski definition) is 3. The molecule has 1 aliphatic heterocycles.